The summed E-state index contributed by atoms with van der Waals surface area (Å²) in [5.41, 5.74) is -0.544. The molecule has 2 aromatic heterocycles. The van der Waals surface area contributed by atoms with E-state index in [4.69, 9.17) is 4.74 Å². The summed E-state index contributed by atoms with van der Waals surface area (Å²) in [7, 11) is 1.23. The lowest BCUT2D eigenvalue weighted by Gasteiger charge is -2.29. The molecule has 1 fully saturated rings. The average Bonchev–Trinajstić information content (AvgIpc) is 3.43. The van der Waals surface area contributed by atoms with Crippen LogP contribution in [0.2, 0.25) is 0 Å². The van der Waals surface area contributed by atoms with Crippen LogP contribution >= 0.6 is 11.3 Å². The van der Waals surface area contributed by atoms with Gasteiger partial charge in [0.2, 0.25) is 17.6 Å². The van der Waals surface area contributed by atoms with Gasteiger partial charge < -0.3 is 15.0 Å². The van der Waals surface area contributed by atoms with Crippen LogP contribution in [0.3, 0.4) is 0 Å². The molecule has 1 saturated heterocycles. The topological polar surface area (TPSA) is 143 Å². The van der Waals surface area contributed by atoms with Crippen molar-refractivity contribution in [2.45, 2.75) is 44.8 Å². The zero-order valence-corrected chi connectivity index (χ0v) is 21.3. The minimum atomic E-state index is -1.14. The van der Waals surface area contributed by atoms with E-state index in [9.17, 15) is 28.0 Å². The Labute approximate surface area is 218 Å². The van der Waals surface area contributed by atoms with Gasteiger partial charge in [0, 0.05) is 12.5 Å². The highest BCUT2D eigenvalue weighted by atomic mass is 32.1. The van der Waals surface area contributed by atoms with Crippen LogP contribution in [0.4, 0.5) is 19.4 Å². The first-order valence-corrected chi connectivity index (χ1v) is 12.4. The number of fused-ring (bicyclic) bond motifs is 2. The number of rotatable bonds is 5. The fourth-order valence-electron chi connectivity index (χ4n) is 4.39. The molecule has 5 amide bonds. The predicted octanol–water partition coefficient (Wildman–Crippen LogP) is 2.80. The third kappa shape index (κ3) is 4.40. The second kappa shape index (κ2) is 9.28. The number of benzene rings is 1. The number of thiazole rings is 1. The number of urea groups is 1. The number of nitrogens with zero attached hydrogens (tertiary/aromatic N) is 3. The van der Waals surface area contributed by atoms with Crippen molar-refractivity contribution >= 4 is 51.1 Å². The van der Waals surface area contributed by atoms with E-state index >= 15 is 0 Å². The van der Waals surface area contributed by atoms with Crippen LogP contribution in [0.25, 0.3) is 10.2 Å². The van der Waals surface area contributed by atoms with E-state index in [1.807, 2.05) is 0 Å². The molecule has 0 saturated carbocycles. The molecule has 3 N–H and O–H groups in total. The predicted molar refractivity (Wildman–Crippen MR) is 132 cm³/mol. The Morgan fingerprint density at radius 3 is 2.68 bits per heavy atom. The van der Waals surface area contributed by atoms with Crippen LogP contribution in [0, 0.1) is 11.6 Å². The summed E-state index contributed by atoms with van der Waals surface area (Å²) in [4.78, 5) is 59.2. The van der Waals surface area contributed by atoms with Crippen LogP contribution in [-0.4, -0.2) is 51.8 Å². The number of aromatic nitrogens is 2. The van der Waals surface area contributed by atoms with E-state index in [1.165, 1.54) is 30.2 Å². The van der Waals surface area contributed by atoms with Gasteiger partial charge in [-0.25, -0.2) is 19.2 Å². The van der Waals surface area contributed by atoms with Crippen molar-refractivity contribution in [3.8, 4) is 5.75 Å². The smallest absolute Gasteiger partial charge is 0.321 e. The van der Waals surface area contributed by atoms with Gasteiger partial charge in [0.25, 0.3) is 5.91 Å². The number of imide groups is 1. The van der Waals surface area contributed by atoms with Crippen molar-refractivity contribution in [2.24, 2.45) is 0 Å². The Morgan fingerprint density at radius 2 is 1.97 bits per heavy atom. The zero-order chi connectivity index (χ0) is 27.4. The largest absolute Gasteiger partial charge is 0.494 e. The van der Waals surface area contributed by atoms with Gasteiger partial charge in [0.15, 0.2) is 11.6 Å². The number of piperidine rings is 1. The molecule has 11 nitrogen and oxygen atoms in total. The Bertz CT molecular complexity index is 1520. The first-order valence-electron chi connectivity index (χ1n) is 11.5. The summed E-state index contributed by atoms with van der Waals surface area (Å²) in [6.45, 7) is 3.37. The lowest BCUT2D eigenvalue weighted by atomic mass is 10.0. The van der Waals surface area contributed by atoms with E-state index < -0.39 is 35.2 Å². The van der Waals surface area contributed by atoms with E-state index in [0.717, 1.165) is 11.3 Å². The van der Waals surface area contributed by atoms with Crippen molar-refractivity contribution in [2.75, 3.05) is 12.4 Å². The van der Waals surface area contributed by atoms with Gasteiger partial charge in [-0.2, -0.15) is 4.39 Å². The SMILES string of the molecule is COc1cc2sc(C(C)(C)NC(=O)Nc3ccc4c(n3)CN(C3CCC(=O)NC3=O)C4=O)nc2c(F)c1F. The van der Waals surface area contributed by atoms with Gasteiger partial charge in [0.1, 0.15) is 22.4 Å². The fraction of sp³-hybridized carbons (Fsp3) is 0.333. The highest BCUT2D eigenvalue weighted by molar-refractivity contribution is 7.18. The molecule has 2 aliphatic heterocycles. The van der Waals surface area contributed by atoms with Crippen LogP contribution in [0.1, 0.15) is 47.7 Å². The first-order chi connectivity index (χ1) is 18.0. The third-order valence-electron chi connectivity index (χ3n) is 6.33. The number of halogens is 2. The minimum absolute atomic E-state index is 0.0559. The van der Waals surface area contributed by atoms with Crippen molar-refractivity contribution < 1.29 is 32.7 Å². The average molecular weight is 545 g/mol. The molecule has 5 rings (SSSR count). The molecule has 3 aromatic rings. The highest BCUT2D eigenvalue weighted by Crippen LogP contribution is 2.35. The van der Waals surface area contributed by atoms with Crippen molar-refractivity contribution in [3.05, 3.63) is 46.1 Å². The lowest BCUT2D eigenvalue weighted by molar-refractivity contribution is -0.136. The van der Waals surface area contributed by atoms with Gasteiger partial charge in [-0.1, -0.05) is 0 Å². The molecule has 198 valence electrons. The molecule has 0 radical (unpaired) electrons. The Kier molecular flexibility index (Phi) is 6.21. The van der Waals surface area contributed by atoms with Crippen LogP contribution in [0.15, 0.2) is 18.2 Å². The number of carbonyl (C=O) groups excluding carboxylic acids is 4. The number of amides is 5. The van der Waals surface area contributed by atoms with Gasteiger partial charge >= 0.3 is 6.03 Å². The Morgan fingerprint density at radius 1 is 1.21 bits per heavy atom. The zero-order valence-electron chi connectivity index (χ0n) is 20.5. The normalized spacial score (nSPS) is 17.4. The maximum Gasteiger partial charge on any atom is 0.321 e. The monoisotopic (exact) mass is 544 g/mol. The first kappa shape index (κ1) is 25.4. The molecule has 1 aromatic carbocycles. The van der Waals surface area contributed by atoms with Crippen LogP contribution < -0.4 is 20.7 Å². The summed E-state index contributed by atoms with van der Waals surface area (Å²) in [5, 5.41) is 7.92. The molecular formula is C24H22F2N6O5S. The maximum absolute atomic E-state index is 14.4. The van der Waals surface area contributed by atoms with Crippen LogP contribution in [-0.2, 0) is 21.7 Å². The molecule has 4 heterocycles. The number of nitrogens with one attached hydrogen (secondary N) is 3. The number of anilines is 1. The Hall–Kier alpha value is -4.20. The number of carbonyl (C=O) groups is 4. The summed E-state index contributed by atoms with van der Waals surface area (Å²) in [5.74, 6) is -3.64. The fourth-order valence-corrected chi connectivity index (χ4v) is 5.44. The molecule has 0 spiro atoms. The van der Waals surface area contributed by atoms with Crippen molar-refractivity contribution in [1.29, 1.82) is 0 Å². The van der Waals surface area contributed by atoms with E-state index in [0.29, 0.717) is 21.0 Å². The van der Waals surface area contributed by atoms with Gasteiger partial charge in [-0.15, -0.1) is 11.3 Å². The van der Waals surface area contributed by atoms with Gasteiger partial charge in [-0.3, -0.25) is 25.0 Å². The van der Waals surface area contributed by atoms with E-state index in [2.05, 4.69) is 25.9 Å². The molecule has 2 aliphatic rings. The second-order valence-electron chi connectivity index (χ2n) is 9.37. The number of hydrogen-bond donors (Lipinski definition) is 3. The number of hydrogen-bond acceptors (Lipinski definition) is 8. The number of ether oxygens (including phenoxy) is 1. The standard InChI is InChI=1S/C24H22F2N6O5S/c1-24(2,22-30-19-14(38-22)8-13(37-3)17(25)18(19)26)31-23(36)28-15-6-4-10-11(27-15)9-32(21(10)35)12-5-7-16(33)29-20(12)34/h4,6,8,12H,5,7,9H2,1-3H3,(H,29,33,34)(H2,27,28,31,36). The highest BCUT2D eigenvalue weighted by Gasteiger charge is 2.40. The number of methoxy groups -OCH3 is 1. The van der Waals surface area contributed by atoms with Gasteiger partial charge in [-0.05, 0) is 32.4 Å². The van der Waals surface area contributed by atoms with Gasteiger partial charge in [0.05, 0.1) is 35.2 Å². The summed E-state index contributed by atoms with van der Waals surface area (Å²) < 4.78 is 33.8. The maximum atomic E-state index is 14.4. The molecule has 14 heteroatoms. The third-order valence-corrected chi connectivity index (χ3v) is 7.65. The van der Waals surface area contributed by atoms with E-state index in [-0.39, 0.29) is 48.3 Å². The minimum Gasteiger partial charge on any atom is -0.494 e. The molecule has 38 heavy (non-hydrogen) atoms. The quantitative estimate of drug-likeness (QED) is 0.419. The van der Waals surface area contributed by atoms with Crippen LogP contribution in [0.5, 0.6) is 5.75 Å². The summed E-state index contributed by atoms with van der Waals surface area (Å²) in [6.07, 6.45) is 0.360. The molecular weight excluding hydrogens is 522 g/mol. The van der Waals surface area contributed by atoms with Crippen molar-refractivity contribution in [1.82, 2.24) is 25.5 Å². The molecule has 1 atom stereocenters. The molecule has 0 bridgehead atoms. The second-order valence-corrected chi connectivity index (χ2v) is 10.4. The molecule has 0 aliphatic carbocycles. The molecule has 1 unspecified atom stereocenters. The summed E-state index contributed by atoms with van der Waals surface area (Å²) in [6, 6.07) is 2.90. The number of pyridine rings is 1. The summed E-state index contributed by atoms with van der Waals surface area (Å²) >= 11 is 1.08. The van der Waals surface area contributed by atoms with E-state index in [1.54, 1.807) is 13.8 Å². The Balaban J connectivity index is 1.29. The lowest BCUT2D eigenvalue weighted by Crippen LogP contribution is -2.52. The van der Waals surface area contributed by atoms with Crippen molar-refractivity contribution in [3.63, 3.8) is 0 Å².